The molecular formula is C12H25NO2. The molecule has 0 aromatic heterocycles. The molecule has 2 N–H and O–H groups in total. The van der Waals surface area contributed by atoms with Crippen LogP contribution in [0.25, 0.3) is 0 Å². The van der Waals surface area contributed by atoms with Gasteiger partial charge in [0, 0.05) is 0 Å². The molecule has 0 fully saturated rings. The molecule has 15 heavy (non-hydrogen) atoms. The Labute approximate surface area is 93.3 Å². The Morgan fingerprint density at radius 1 is 1.13 bits per heavy atom. The molecule has 0 aliphatic carbocycles. The first-order valence-electron chi connectivity index (χ1n) is 5.95. The van der Waals surface area contributed by atoms with Crippen molar-refractivity contribution < 1.29 is 9.63 Å². The smallest absolute Gasteiger partial charge is 0.329 e. The Bertz CT molecular complexity index is 178. The van der Waals surface area contributed by atoms with E-state index in [0.717, 1.165) is 12.8 Å². The summed E-state index contributed by atoms with van der Waals surface area (Å²) in [4.78, 5) is 15.5. The minimum atomic E-state index is -0.431. The van der Waals surface area contributed by atoms with Crippen LogP contribution in [0.4, 0.5) is 0 Å². The highest BCUT2D eigenvalue weighted by molar-refractivity contribution is 5.75. The Kier molecular flexibility index (Phi) is 7.39. The van der Waals surface area contributed by atoms with Gasteiger partial charge >= 0.3 is 5.97 Å². The van der Waals surface area contributed by atoms with E-state index in [9.17, 15) is 4.79 Å². The van der Waals surface area contributed by atoms with E-state index in [1.54, 1.807) is 0 Å². The van der Waals surface area contributed by atoms with Gasteiger partial charge in [-0.15, -0.1) is 0 Å². The summed E-state index contributed by atoms with van der Waals surface area (Å²) in [6.07, 6.45) is 8.28. The zero-order chi connectivity index (χ0) is 11.7. The molecule has 0 radical (unpaired) electrons. The summed E-state index contributed by atoms with van der Waals surface area (Å²) in [7, 11) is 0. The Hall–Kier alpha value is -0.570. The van der Waals surface area contributed by atoms with Gasteiger partial charge in [-0.05, 0) is 20.3 Å². The first-order valence-corrected chi connectivity index (χ1v) is 5.95. The van der Waals surface area contributed by atoms with E-state index in [2.05, 4.69) is 11.8 Å². The van der Waals surface area contributed by atoms with Crippen LogP contribution in [-0.2, 0) is 9.63 Å². The van der Waals surface area contributed by atoms with E-state index in [1.807, 2.05) is 13.8 Å². The first kappa shape index (κ1) is 14.4. The molecule has 3 heteroatoms. The zero-order valence-corrected chi connectivity index (χ0v) is 10.3. The Balaban J connectivity index is 3.53. The molecular weight excluding hydrogens is 190 g/mol. The van der Waals surface area contributed by atoms with Gasteiger partial charge in [-0.25, -0.2) is 4.79 Å². The van der Waals surface area contributed by atoms with Gasteiger partial charge in [0.1, 0.15) is 0 Å². The van der Waals surface area contributed by atoms with E-state index < -0.39 is 5.41 Å². The van der Waals surface area contributed by atoms with Crippen molar-refractivity contribution >= 4 is 5.97 Å². The van der Waals surface area contributed by atoms with Crippen LogP contribution in [0.3, 0.4) is 0 Å². The van der Waals surface area contributed by atoms with Crippen molar-refractivity contribution in [1.82, 2.24) is 0 Å². The predicted octanol–water partition coefficient (Wildman–Crippen LogP) is 3.18. The van der Waals surface area contributed by atoms with Gasteiger partial charge in [0.05, 0.1) is 5.41 Å². The second kappa shape index (κ2) is 7.69. The molecule has 0 aliphatic rings. The monoisotopic (exact) mass is 215 g/mol. The number of unbranched alkanes of at least 4 members (excludes halogenated alkanes) is 5. The summed E-state index contributed by atoms with van der Waals surface area (Å²) in [5, 5.41) is 0. The van der Waals surface area contributed by atoms with E-state index >= 15 is 0 Å². The fourth-order valence-electron chi connectivity index (χ4n) is 1.61. The summed E-state index contributed by atoms with van der Waals surface area (Å²) < 4.78 is 0. The van der Waals surface area contributed by atoms with E-state index in [0.29, 0.717) is 0 Å². The van der Waals surface area contributed by atoms with Gasteiger partial charge in [-0.1, -0.05) is 45.4 Å². The highest BCUT2D eigenvalue weighted by atomic mass is 16.7. The zero-order valence-electron chi connectivity index (χ0n) is 10.3. The molecule has 0 bridgehead atoms. The lowest BCUT2D eigenvalue weighted by Gasteiger charge is -2.20. The maximum atomic E-state index is 11.3. The van der Waals surface area contributed by atoms with Gasteiger partial charge in [0.2, 0.25) is 0 Å². The Morgan fingerprint density at radius 2 is 1.67 bits per heavy atom. The van der Waals surface area contributed by atoms with Gasteiger partial charge < -0.3 is 4.84 Å². The third-order valence-electron chi connectivity index (χ3n) is 2.81. The minimum Gasteiger partial charge on any atom is -0.373 e. The molecule has 0 heterocycles. The van der Waals surface area contributed by atoms with Crippen molar-refractivity contribution in [2.75, 3.05) is 0 Å². The molecule has 0 aromatic carbocycles. The van der Waals surface area contributed by atoms with Crippen LogP contribution < -0.4 is 5.90 Å². The number of carbonyl (C=O) groups is 1. The van der Waals surface area contributed by atoms with Gasteiger partial charge in [-0.2, -0.15) is 5.90 Å². The lowest BCUT2D eigenvalue weighted by molar-refractivity contribution is -0.155. The maximum absolute atomic E-state index is 11.3. The molecule has 90 valence electrons. The standard InChI is InChI=1S/C12H25NO2/c1-4-5-6-7-8-9-10-12(2,3)11(14)15-13/h4-10,13H2,1-3H3. The number of hydrogen-bond donors (Lipinski definition) is 1. The number of rotatable bonds is 8. The van der Waals surface area contributed by atoms with Crippen LogP contribution in [0.2, 0.25) is 0 Å². The van der Waals surface area contributed by atoms with Crippen LogP contribution in [0.1, 0.15) is 65.7 Å². The van der Waals surface area contributed by atoms with Crippen molar-refractivity contribution in [3.8, 4) is 0 Å². The average Bonchev–Trinajstić information content (AvgIpc) is 2.22. The van der Waals surface area contributed by atoms with Crippen molar-refractivity contribution in [2.45, 2.75) is 65.7 Å². The molecule has 0 aliphatic heterocycles. The molecule has 0 amide bonds. The van der Waals surface area contributed by atoms with Crippen molar-refractivity contribution in [2.24, 2.45) is 11.3 Å². The minimum absolute atomic E-state index is 0.309. The highest BCUT2D eigenvalue weighted by Crippen LogP contribution is 2.25. The molecule has 0 rings (SSSR count). The van der Waals surface area contributed by atoms with Crippen LogP contribution in [0.5, 0.6) is 0 Å². The van der Waals surface area contributed by atoms with Crippen LogP contribution in [-0.4, -0.2) is 5.97 Å². The van der Waals surface area contributed by atoms with Crippen molar-refractivity contribution in [3.05, 3.63) is 0 Å². The average molecular weight is 215 g/mol. The molecule has 0 saturated carbocycles. The summed E-state index contributed by atoms with van der Waals surface area (Å²) in [6, 6.07) is 0. The van der Waals surface area contributed by atoms with Crippen LogP contribution in [0.15, 0.2) is 0 Å². The molecule has 0 spiro atoms. The first-order chi connectivity index (χ1) is 7.04. The summed E-state index contributed by atoms with van der Waals surface area (Å²) >= 11 is 0. The molecule has 3 nitrogen and oxygen atoms in total. The molecule has 0 saturated heterocycles. The lowest BCUT2D eigenvalue weighted by Crippen LogP contribution is -2.28. The van der Waals surface area contributed by atoms with Crippen molar-refractivity contribution in [3.63, 3.8) is 0 Å². The topological polar surface area (TPSA) is 52.3 Å². The van der Waals surface area contributed by atoms with Crippen LogP contribution >= 0.6 is 0 Å². The third-order valence-corrected chi connectivity index (χ3v) is 2.81. The van der Waals surface area contributed by atoms with Crippen molar-refractivity contribution in [1.29, 1.82) is 0 Å². The highest BCUT2D eigenvalue weighted by Gasteiger charge is 2.28. The molecule has 0 unspecified atom stereocenters. The fraction of sp³-hybridized carbons (Fsp3) is 0.917. The summed E-state index contributed by atoms with van der Waals surface area (Å²) in [6.45, 7) is 5.98. The van der Waals surface area contributed by atoms with Gasteiger partial charge in [-0.3, -0.25) is 0 Å². The van der Waals surface area contributed by atoms with E-state index in [4.69, 9.17) is 5.90 Å². The third kappa shape index (κ3) is 6.50. The molecule has 0 atom stereocenters. The summed E-state index contributed by atoms with van der Waals surface area (Å²) in [5.41, 5.74) is -0.431. The normalized spacial score (nSPS) is 11.5. The molecule has 0 aromatic rings. The lowest BCUT2D eigenvalue weighted by atomic mass is 9.87. The maximum Gasteiger partial charge on any atom is 0.329 e. The largest absolute Gasteiger partial charge is 0.373 e. The van der Waals surface area contributed by atoms with E-state index in [1.165, 1.54) is 32.1 Å². The number of nitrogens with two attached hydrogens (primary N) is 1. The quantitative estimate of drug-likeness (QED) is 0.500. The number of carbonyl (C=O) groups excluding carboxylic acids is 1. The summed E-state index contributed by atoms with van der Waals surface area (Å²) in [5.74, 6) is 4.57. The predicted molar refractivity (Wildman–Crippen MR) is 62.1 cm³/mol. The van der Waals surface area contributed by atoms with E-state index in [-0.39, 0.29) is 5.97 Å². The number of hydrogen-bond acceptors (Lipinski definition) is 3. The van der Waals surface area contributed by atoms with Crippen LogP contribution in [0, 0.1) is 5.41 Å². The SMILES string of the molecule is CCCCCCCCC(C)(C)C(=O)ON. The second-order valence-corrected chi connectivity index (χ2v) is 4.81. The van der Waals surface area contributed by atoms with Gasteiger partial charge in [0.25, 0.3) is 0 Å². The second-order valence-electron chi connectivity index (χ2n) is 4.81. The van der Waals surface area contributed by atoms with Gasteiger partial charge in [0.15, 0.2) is 0 Å². The Morgan fingerprint density at radius 3 is 2.20 bits per heavy atom. The fourth-order valence-corrected chi connectivity index (χ4v) is 1.61.